The summed E-state index contributed by atoms with van der Waals surface area (Å²) in [6.07, 6.45) is 0. The summed E-state index contributed by atoms with van der Waals surface area (Å²) < 4.78 is 0. The number of piperazine rings is 1. The molecule has 0 aromatic heterocycles. The van der Waals surface area contributed by atoms with E-state index in [0.29, 0.717) is 12.1 Å². The van der Waals surface area contributed by atoms with E-state index in [2.05, 4.69) is 24.1 Å². The molecule has 0 amide bonds. The zero-order valence-corrected chi connectivity index (χ0v) is 11.7. The highest BCUT2D eigenvalue weighted by molar-refractivity contribution is 5.42. The molecule has 19 heavy (non-hydrogen) atoms. The van der Waals surface area contributed by atoms with Gasteiger partial charge in [0.25, 0.3) is 5.69 Å². The molecule has 2 unspecified atom stereocenters. The molecule has 5 nitrogen and oxygen atoms in total. The summed E-state index contributed by atoms with van der Waals surface area (Å²) in [6.45, 7) is 8.83. The number of nitro groups is 1. The third kappa shape index (κ3) is 3.30. The maximum Gasteiger partial charge on any atom is 0.272 e. The van der Waals surface area contributed by atoms with Gasteiger partial charge in [-0.2, -0.15) is 0 Å². The highest BCUT2D eigenvalue weighted by Crippen LogP contribution is 2.21. The fourth-order valence-corrected chi connectivity index (χ4v) is 2.50. The summed E-state index contributed by atoms with van der Waals surface area (Å²) in [6, 6.07) is 6.45. The topological polar surface area (TPSA) is 58.4 Å². The molecule has 1 aliphatic rings. The average molecular weight is 263 g/mol. The van der Waals surface area contributed by atoms with Crippen LogP contribution in [-0.2, 0) is 6.54 Å². The van der Waals surface area contributed by atoms with Gasteiger partial charge < -0.3 is 5.32 Å². The van der Waals surface area contributed by atoms with Gasteiger partial charge in [-0.3, -0.25) is 15.0 Å². The first-order valence-corrected chi connectivity index (χ1v) is 6.68. The molecule has 104 valence electrons. The Morgan fingerprint density at radius 1 is 1.47 bits per heavy atom. The Kier molecular flexibility index (Phi) is 4.17. The van der Waals surface area contributed by atoms with Crippen molar-refractivity contribution in [3.8, 4) is 0 Å². The molecule has 2 rings (SSSR count). The number of hydrogen-bond acceptors (Lipinski definition) is 4. The Balaban J connectivity index is 2.14. The summed E-state index contributed by atoms with van der Waals surface area (Å²) in [5.41, 5.74) is 1.95. The number of nitrogens with one attached hydrogen (secondary N) is 1. The van der Waals surface area contributed by atoms with Crippen LogP contribution >= 0.6 is 0 Å². The van der Waals surface area contributed by atoms with Crippen LogP contribution in [0.1, 0.15) is 25.0 Å². The predicted octanol–water partition coefficient (Wildman–Crippen LogP) is 2.09. The van der Waals surface area contributed by atoms with Crippen molar-refractivity contribution in [1.82, 2.24) is 10.2 Å². The van der Waals surface area contributed by atoms with Crippen molar-refractivity contribution in [2.45, 2.75) is 39.4 Å². The van der Waals surface area contributed by atoms with Crippen LogP contribution in [0.5, 0.6) is 0 Å². The zero-order chi connectivity index (χ0) is 14.0. The van der Waals surface area contributed by atoms with Gasteiger partial charge in [0.1, 0.15) is 0 Å². The largest absolute Gasteiger partial charge is 0.311 e. The first kappa shape index (κ1) is 14.0. The van der Waals surface area contributed by atoms with E-state index in [4.69, 9.17) is 0 Å². The van der Waals surface area contributed by atoms with Gasteiger partial charge in [-0.25, -0.2) is 0 Å². The van der Waals surface area contributed by atoms with Crippen molar-refractivity contribution in [3.05, 3.63) is 39.4 Å². The van der Waals surface area contributed by atoms with Crippen molar-refractivity contribution in [2.75, 3.05) is 13.1 Å². The molecule has 5 heteroatoms. The van der Waals surface area contributed by atoms with E-state index in [1.807, 2.05) is 12.1 Å². The number of rotatable bonds is 3. The van der Waals surface area contributed by atoms with Crippen LogP contribution in [0, 0.1) is 17.0 Å². The van der Waals surface area contributed by atoms with Crippen molar-refractivity contribution < 1.29 is 4.92 Å². The molecule has 1 fully saturated rings. The van der Waals surface area contributed by atoms with Gasteiger partial charge in [0.2, 0.25) is 0 Å². The highest BCUT2D eigenvalue weighted by atomic mass is 16.6. The third-order valence-electron chi connectivity index (χ3n) is 3.75. The Bertz CT molecular complexity index is 476. The van der Waals surface area contributed by atoms with E-state index in [1.54, 1.807) is 13.0 Å². The van der Waals surface area contributed by atoms with Crippen LogP contribution in [-0.4, -0.2) is 35.0 Å². The van der Waals surface area contributed by atoms with Crippen LogP contribution in [0.15, 0.2) is 18.2 Å². The van der Waals surface area contributed by atoms with E-state index in [0.717, 1.165) is 30.8 Å². The fraction of sp³-hybridized carbons (Fsp3) is 0.571. The molecule has 1 aliphatic heterocycles. The lowest BCUT2D eigenvalue weighted by molar-refractivity contribution is -0.385. The molecule has 1 aromatic rings. The van der Waals surface area contributed by atoms with E-state index in [-0.39, 0.29) is 10.6 Å². The van der Waals surface area contributed by atoms with Crippen molar-refractivity contribution in [3.63, 3.8) is 0 Å². The van der Waals surface area contributed by atoms with Gasteiger partial charge in [0.15, 0.2) is 0 Å². The summed E-state index contributed by atoms with van der Waals surface area (Å²) in [5, 5.41) is 14.4. The van der Waals surface area contributed by atoms with Gasteiger partial charge in [0.05, 0.1) is 4.92 Å². The summed E-state index contributed by atoms with van der Waals surface area (Å²) in [5.74, 6) is 0. The van der Waals surface area contributed by atoms with Crippen molar-refractivity contribution in [2.24, 2.45) is 0 Å². The summed E-state index contributed by atoms with van der Waals surface area (Å²) in [7, 11) is 0. The van der Waals surface area contributed by atoms with Gasteiger partial charge in [-0.05, 0) is 26.3 Å². The monoisotopic (exact) mass is 263 g/mol. The molecular weight excluding hydrogens is 242 g/mol. The Labute approximate surface area is 113 Å². The smallest absolute Gasteiger partial charge is 0.272 e. The molecular formula is C14H21N3O2. The van der Waals surface area contributed by atoms with Crippen LogP contribution in [0.4, 0.5) is 5.69 Å². The normalized spacial score (nSPS) is 24.4. The molecule has 1 saturated heterocycles. The first-order chi connectivity index (χ1) is 8.97. The molecule has 0 radical (unpaired) electrons. The van der Waals surface area contributed by atoms with Crippen LogP contribution in [0.25, 0.3) is 0 Å². The number of benzene rings is 1. The van der Waals surface area contributed by atoms with Crippen LogP contribution < -0.4 is 5.32 Å². The fourth-order valence-electron chi connectivity index (χ4n) is 2.50. The Hall–Kier alpha value is -1.46. The molecule has 2 atom stereocenters. The Morgan fingerprint density at radius 2 is 2.21 bits per heavy atom. The second-order valence-electron chi connectivity index (χ2n) is 5.47. The standard InChI is InChI=1S/C14H21N3O2/c1-10-4-5-13(6-14(10)17(18)19)9-16-8-11(2)15-7-12(16)3/h4-6,11-12,15H,7-9H2,1-3H3. The maximum absolute atomic E-state index is 11.0. The van der Waals surface area contributed by atoms with E-state index in [9.17, 15) is 10.1 Å². The molecule has 1 heterocycles. The lowest BCUT2D eigenvalue weighted by Gasteiger charge is -2.37. The molecule has 0 saturated carbocycles. The second-order valence-corrected chi connectivity index (χ2v) is 5.47. The number of nitro benzene ring substituents is 1. The van der Waals surface area contributed by atoms with Crippen LogP contribution in [0.3, 0.4) is 0 Å². The molecule has 0 bridgehead atoms. The Morgan fingerprint density at radius 3 is 2.89 bits per heavy atom. The minimum absolute atomic E-state index is 0.216. The zero-order valence-electron chi connectivity index (χ0n) is 11.7. The van der Waals surface area contributed by atoms with Gasteiger partial charge in [-0.15, -0.1) is 0 Å². The predicted molar refractivity (Wildman–Crippen MR) is 75.2 cm³/mol. The lowest BCUT2D eigenvalue weighted by atomic mass is 10.1. The van der Waals surface area contributed by atoms with Crippen LogP contribution in [0.2, 0.25) is 0 Å². The average Bonchev–Trinajstić information content (AvgIpc) is 2.36. The van der Waals surface area contributed by atoms with Gasteiger partial charge >= 0.3 is 0 Å². The lowest BCUT2D eigenvalue weighted by Crippen LogP contribution is -2.53. The van der Waals surface area contributed by atoms with Gasteiger partial charge in [0, 0.05) is 43.3 Å². The summed E-state index contributed by atoms with van der Waals surface area (Å²) in [4.78, 5) is 13.0. The van der Waals surface area contributed by atoms with Crippen molar-refractivity contribution >= 4 is 5.69 Å². The number of nitrogens with zero attached hydrogens (tertiary/aromatic N) is 2. The molecule has 0 spiro atoms. The SMILES string of the molecule is Cc1ccc(CN2CC(C)NCC2C)cc1[N+](=O)[O-]. The minimum atomic E-state index is -0.303. The molecule has 0 aliphatic carbocycles. The van der Waals surface area contributed by atoms with Gasteiger partial charge in [-0.1, -0.05) is 12.1 Å². The third-order valence-corrected chi connectivity index (χ3v) is 3.75. The number of hydrogen-bond donors (Lipinski definition) is 1. The van der Waals surface area contributed by atoms with E-state index >= 15 is 0 Å². The highest BCUT2D eigenvalue weighted by Gasteiger charge is 2.23. The molecule has 1 aromatic carbocycles. The molecule has 1 N–H and O–H groups in total. The first-order valence-electron chi connectivity index (χ1n) is 6.68. The van der Waals surface area contributed by atoms with E-state index < -0.39 is 0 Å². The number of aryl methyl sites for hydroxylation is 1. The van der Waals surface area contributed by atoms with E-state index in [1.165, 1.54) is 0 Å². The quantitative estimate of drug-likeness (QED) is 0.670. The summed E-state index contributed by atoms with van der Waals surface area (Å²) >= 11 is 0. The van der Waals surface area contributed by atoms with Crippen molar-refractivity contribution in [1.29, 1.82) is 0 Å². The minimum Gasteiger partial charge on any atom is -0.311 e. The second kappa shape index (κ2) is 5.67. The maximum atomic E-state index is 11.0.